The minimum absolute atomic E-state index is 0.356. The molecule has 1 saturated carbocycles. The third-order valence-electron chi connectivity index (χ3n) is 6.28. The van der Waals surface area contributed by atoms with Crippen molar-refractivity contribution in [3.63, 3.8) is 0 Å². The summed E-state index contributed by atoms with van der Waals surface area (Å²) in [6.45, 7) is 9.01. The first-order chi connectivity index (χ1) is 13.2. The van der Waals surface area contributed by atoms with Crippen LogP contribution < -0.4 is 9.80 Å². The van der Waals surface area contributed by atoms with E-state index in [0.717, 1.165) is 44.8 Å². The van der Waals surface area contributed by atoms with Gasteiger partial charge in [0.05, 0.1) is 11.6 Å². The lowest BCUT2D eigenvalue weighted by atomic mass is 9.94. The van der Waals surface area contributed by atoms with Gasteiger partial charge in [-0.1, -0.05) is 31.4 Å². The van der Waals surface area contributed by atoms with Crippen molar-refractivity contribution in [1.29, 1.82) is 5.26 Å². The van der Waals surface area contributed by atoms with Crippen LogP contribution in [0.3, 0.4) is 0 Å². The Morgan fingerprint density at radius 2 is 1.70 bits per heavy atom. The molecule has 1 aromatic carbocycles. The van der Waals surface area contributed by atoms with Crippen molar-refractivity contribution in [2.24, 2.45) is 0 Å². The monoisotopic (exact) mass is 370 g/mol. The highest BCUT2D eigenvalue weighted by molar-refractivity contribution is 5.77. The Morgan fingerprint density at radius 1 is 1.07 bits per heavy atom. The van der Waals surface area contributed by atoms with Crippen LogP contribution >= 0.6 is 0 Å². The van der Waals surface area contributed by atoms with E-state index in [4.69, 9.17) is 5.26 Å². The van der Waals surface area contributed by atoms with Crippen molar-refractivity contribution < 1.29 is 14.6 Å². The van der Waals surface area contributed by atoms with Gasteiger partial charge in [-0.2, -0.15) is 5.26 Å². The predicted molar refractivity (Wildman–Crippen MR) is 105 cm³/mol. The van der Waals surface area contributed by atoms with E-state index in [1.165, 1.54) is 42.6 Å². The fourth-order valence-corrected chi connectivity index (χ4v) is 4.64. The summed E-state index contributed by atoms with van der Waals surface area (Å²) in [5, 5.41) is 8.90. The van der Waals surface area contributed by atoms with Crippen LogP contribution in [0.15, 0.2) is 24.3 Å². The molecule has 1 amide bonds. The highest BCUT2D eigenvalue weighted by atomic mass is 16.2. The molecule has 1 aromatic rings. The van der Waals surface area contributed by atoms with Gasteiger partial charge in [-0.05, 0) is 31.9 Å². The highest BCUT2D eigenvalue weighted by Gasteiger charge is 2.29. The van der Waals surface area contributed by atoms with Gasteiger partial charge in [0, 0.05) is 18.2 Å². The molecule has 0 atom stereocenters. The average Bonchev–Trinajstić information content (AvgIpc) is 2.71. The Bertz CT molecular complexity index is 637. The standard InChI is InChI=1S/C22H32N4O/c1-2-26(21-6-4-3-5-7-21)22(27)18-25-14-12-24(13-15-25)17-20-10-8-19(16-23)9-11-20/h8-11,21H,2-7,12-15,17-18H2,1H3/p+2. The van der Waals surface area contributed by atoms with Crippen molar-refractivity contribution in [1.82, 2.24) is 4.90 Å². The summed E-state index contributed by atoms with van der Waals surface area (Å²) >= 11 is 0. The summed E-state index contributed by atoms with van der Waals surface area (Å²) in [7, 11) is 0. The van der Waals surface area contributed by atoms with Gasteiger partial charge < -0.3 is 14.7 Å². The van der Waals surface area contributed by atoms with Crippen LogP contribution in [0.5, 0.6) is 0 Å². The van der Waals surface area contributed by atoms with E-state index in [1.807, 2.05) is 12.1 Å². The summed E-state index contributed by atoms with van der Waals surface area (Å²) in [6.07, 6.45) is 6.27. The van der Waals surface area contributed by atoms with E-state index in [2.05, 4.69) is 30.0 Å². The topological polar surface area (TPSA) is 53.0 Å². The minimum atomic E-state index is 0.356. The first-order valence-electron chi connectivity index (χ1n) is 10.6. The van der Waals surface area contributed by atoms with Crippen LogP contribution in [-0.4, -0.2) is 56.1 Å². The average molecular weight is 371 g/mol. The zero-order valence-electron chi connectivity index (χ0n) is 16.7. The molecule has 0 spiro atoms. The maximum atomic E-state index is 12.8. The zero-order chi connectivity index (χ0) is 19.1. The molecule has 1 heterocycles. The molecule has 0 bridgehead atoms. The van der Waals surface area contributed by atoms with Gasteiger partial charge >= 0.3 is 0 Å². The van der Waals surface area contributed by atoms with Gasteiger partial charge in [0.25, 0.3) is 5.91 Å². The van der Waals surface area contributed by atoms with Crippen LogP contribution in [0.1, 0.15) is 50.2 Å². The molecule has 5 nitrogen and oxygen atoms in total. The van der Waals surface area contributed by atoms with Gasteiger partial charge in [-0.3, -0.25) is 4.79 Å². The first kappa shape index (κ1) is 19.9. The van der Waals surface area contributed by atoms with Gasteiger partial charge in [-0.15, -0.1) is 0 Å². The van der Waals surface area contributed by atoms with Crippen LogP contribution in [0.2, 0.25) is 0 Å². The van der Waals surface area contributed by atoms with Crippen LogP contribution in [-0.2, 0) is 11.3 Å². The number of amides is 1. The van der Waals surface area contributed by atoms with Crippen molar-refractivity contribution in [3.05, 3.63) is 35.4 Å². The largest absolute Gasteiger partial charge is 0.335 e. The van der Waals surface area contributed by atoms with E-state index >= 15 is 0 Å². The van der Waals surface area contributed by atoms with E-state index in [0.29, 0.717) is 18.5 Å². The van der Waals surface area contributed by atoms with Crippen LogP contribution in [0.25, 0.3) is 0 Å². The molecule has 0 unspecified atom stereocenters. The number of piperazine rings is 1. The second-order valence-corrected chi connectivity index (χ2v) is 8.13. The quantitative estimate of drug-likeness (QED) is 0.742. The number of benzene rings is 1. The number of hydrogen-bond acceptors (Lipinski definition) is 2. The molecular weight excluding hydrogens is 336 g/mol. The van der Waals surface area contributed by atoms with Crippen molar-refractivity contribution >= 4 is 5.91 Å². The first-order valence-corrected chi connectivity index (χ1v) is 10.6. The van der Waals surface area contributed by atoms with Gasteiger partial charge in [0.2, 0.25) is 0 Å². The molecular formula is C22H34N4O+2. The lowest BCUT2D eigenvalue weighted by molar-refractivity contribution is -1.02. The van der Waals surface area contributed by atoms with E-state index < -0.39 is 0 Å². The third kappa shape index (κ3) is 5.54. The normalized spacial score (nSPS) is 23.6. The second-order valence-electron chi connectivity index (χ2n) is 8.13. The Hall–Kier alpha value is -1.90. The maximum Gasteiger partial charge on any atom is 0.278 e. The number of nitriles is 1. The Balaban J connectivity index is 1.44. The van der Waals surface area contributed by atoms with Crippen LogP contribution in [0.4, 0.5) is 0 Å². The van der Waals surface area contributed by atoms with Crippen LogP contribution in [0, 0.1) is 11.3 Å². The Kier molecular flexibility index (Phi) is 7.25. The minimum Gasteiger partial charge on any atom is -0.335 e. The predicted octanol–water partition coefficient (Wildman–Crippen LogP) is 0.0229. The van der Waals surface area contributed by atoms with Crippen molar-refractivity contribution in [2.45, 2.75) is 51.6 Å². The lowest BCUT2D eigenvalue weighted by Gasteiger charge is -2.35. The molecule has 2 N–H and O–H groups in total. The van der Waals surface area contributed by atoms with Crippen molar-refractivity contribution in [3.8, 4) is 6.07 Å². The van der Waals surface area contributed by atoms with Gasteiger partial charge in [0.1, 0.15) is 32.7 Å². The number of likely N-dealkylation sites (N-methyl/N-ethyl adjacent to an activating group) is 1. The molecule has 5 heteroatoms. The zero-order valence-corrected chi connectivity index (χ0v) is 16.7. The molecule has 0 radical (unpaired) electrons. The van der Waals surface area contributed by atoms with Gasteiger partial charge in [0.15, 0.2) is 6.54 Å². The summed E-state index contributed by atoms with van der Waals surface area (Å²) in [5.41, 5.74) is 2.01. The summed E-state index contributed by atoms with van der Waals surface area (Å²) < 4.78 is 0. The number of nitrogens with one attached hydrogen (secondary N) is 2. The van der Waals surface area contributed by atoms with Gasteiger partial charge in [-0.25, -0.2) is 0 Å². The summed E-state index contributed by atoms with van der Waals surface area (Å²) in [6, 6.07) is 10.6. The van der Waals surface area contributed by atoms with E-state index in [1.54, 1.807) is 4.90 Å². The number of quaternary nitrogens is 2. The fourth-order valence-electron chi connectivity index (χ4n) is 4.64. The molecule has 0 aromatic heterocycles. The number of carbonyl (C=O) groups excluding carboxylic acids is 1. The number of rotatable bonds is 6. The number of nitrogens with zero attached hydrogens (tertiary/aromatic N) is 2. The Labute approximate surface area is 163 Å². The number of hydrogen-bond donors (Lipinski definition) is 2. The highest BCUT2D eigenvalue weighted by Crippen LogP contribution is 2.22. The van der Waals surface area contributed by atoms with E-state index in [9.17, 15) is 4.79 Å². The molecule has 2 aliphatic rings. The molecule has 2 fully saturated rings. The number of carbonyl (C=O) groups is 1. The molecule has 1 aliphatic carbocycles. The molecule has 27 heavy (non-hydrogen) atoms. The molecule has 1 saturated heterocycles. The van der Waals surface area contributed by atoms with Crippen molar-refractivity contribution in [2.75, 3.05) is 39.3 Å². The maximum absolute atomic E-state index is 12.8. The molecule has 1 aliphatic heterocycles. The SMILES string of the molecule is CCN(C(=O)C[NH+]1CC[NH+](Cc2ccc(C#N)cc2)CC1)C1CCCCC1. The second kappa shape index (κ2) is 9.87. The summed E-state index contributed by atoms with van der Waals surface area (Å²) in [5.74, 6) is 0.356. The fraction of sp³-hybridized carbons (Fsp3) is 0.636. The molecule has 146 valence electrons. The summed E-state index contributed by atoms with van der Waals surface area (Å²) in [4.78, 5) is 18.0. The molecule has 3 rings (SSSR count). The third-order valence-corrected chi connectivity index (χ3v) is 6.28. The van der Waals surface area contributed by atoms with E-state index in [-0.39, 0.29) is 0 Å². The lowest BCUT2D eigenvalue weighted by Crippen LogP contribution is -3.28. The smallest absolute Gasteiger partial charge is 0.278 e. The Morgan fingerprint density at radius 3 is 2.30 bits per heavy atom.